The van der Waals surface area contributed by atoms with Crippen molar-refractivity contribution in [1.82, 2.24) is 20.5 Å². The Labute approximate surface area is 170 Å². The Kier molecular flexibility index (Phi) is 8.40. The molecule has 2 fully saturated rings. The zero-order chi connectivity index (χ0) is 19.6. The molecule has 3 heterocycles. The molecule has 0 aromatic carbocycles. The van der Waals surface area contributed by atoms with Gasteiger partial charge in [-0.3, -0.25) is 0 Å². The van der Waals surface area contributed by atoms with Gasteiger partial charge in [-0.25, -0.2) is 9.98 Å². The van der Waals surface area contributed by atoms with Crippen LogP contribution >= 0.6 is 0 Å². The maximum atomic E-state index is 4.85. The number of rotatable bonds is 7. The molecule has 2 N–H and O–H groups in total. The minimum Gasteiger partial charge on any atom is -0.357 e. The molecule has 2 saturated heterocycles. The van der Waals surface area contributed by atoms with Crippen molar-refractivity contribution >= 4 is 11.8 Å². The van der Waals surface area contributed by atoms with Crippen LogP contribution in [0, 0.1) is 0 Å². The fourth-order valence-corrected chi connectivity index (χ4v) is 4.16. The summed E-state index contributed by atoms with van der Waals surface area (Å²) in [6.07, 6.45) is 9.45. The Morgan fingerprint density at radius 2 is 1.93 bits per heavy atom. The first kappa shape index (κ1) is 20.9. The number of hydrogen-bond donors (Lipinski definition) is 2. The predicted molar refractivity (Wildman–Crippen MR) is 118 cm³/mol. The van der Waals surface area contributed by atoms with E-state index in [0.717, 1.165) is 31.4 Å². The van der Waals surface area contributed by atoms with Gasteiger partial charge < -0.3 is 20.4 Å². The maximum Gasteiger partial charge on any atom is 0.191 e. The molecule has 1 aromatic rings. The third-order valence-corrected chi connectivity index (χ3v) is 5.72. The zero-order valence-electron chi connectivity index (χ0n) is 17.8. The van der Waals surface area contributed by atoms with Crippen molar-refractivity contribution in [3.8, 4) is 0 Å². The summed E-state index contributed by atoms with van der Waals surface area (Å²) in [5, 5.41) is 7.07. The molecule has 2 aliphatic heterocycles. The van der Waals surface area contributed by atoms with Crippen LogP contribution in [0.1, 0.15) is 57.9 Å². The van der Waals surface area contributed by atoms with Gasteiger partial charge in [0.1, 0.15) is 5.82 Å². The van der Waals surface area contributed by atoms with Gasteiger partial charge in [-0.15, -0.1) is 0 Å². The lowest BCUT2D eigenvalue weighted by molar-refractivity contribution is 0.206. The number of aromatic nitrogens is 1. The summed E-state index contributed by atoms with van der Waals surface area (Å²) in [5.41, 5.74) is 1.23. The zero-order valence-corrected chi connectivity index (χ0v) is 17.8. The molecule has 0 atom stereocenters. The Balaban J connectivity index is 1.55. The average Bonchev–Trinajstić information content (AvgIpc) is 2.75. The molecule has 0 bridgehead atoms. The van der Waals surface area contributed by atoms with Crippen molar-refractivity contribution in [3.63, 3.8) is 0 Å². The largest absolute Gasteiger partial charge is 0.357 e. The average molecular weight is 387 g/mol. The van der Waals surface area contributed by atoms with Gasteiger partial charge in [-0.1, -0.05) is 6.92 Å². The van der Waals surface area contributed by atoms with Crippen LogP contribution < -0.4 is 15.5 Å². The van der Waals surface area contributed by atoms with Crippen molar-refractivity contribution < 1.29 is 0 Å². The number of hydrogen-bond acceptors (Lipinski definition) is 4. The normalized spacial score (nSPS) is 19.6. The SMILES string of the molecule is CCCN1CCC(NC(=NCc2ccnc(N3CCCCC3)c2)NCC)CC1. The number of nitrogens with one attached hydrogen (secondary N) is 2. The predicted octanol–water partition coefficient (Wildman–Crippen LogP) is 3.00. The lowest BCUT2D eigenvalue weighted by Gasteiger charge is -2.32. The standard InChI is InChI=1S/C22H38N6/c1-3-12-27-15-9-20(10-16-27)26-22(23-4-2)25-18-19-8-11-24-21(17-19)28-13-6-5-7-14-28/h8,11,17,20H,3-7,9-10,12-16,18H2,1-2H3,(H2,23,25,26). The summed E-state index contributed by atoms with van der Waals surface area (Å²) >= 11 is 0. The summed E-state index contributed by atoms with van der Waals surface area (Å²) in [5.74, 6) is 2.04. The number of guanidine groups is 1. The molecule has 6 heteroatoms. The number of piperidine rings is 2. The van der Waals surface area contributed by atoms with E-state index in [1.54, 1.807) is 0 Å². The highest BCUT2D eigenvalue weighted by Crippen LogP contribution is 2.18. The van der Waals surface area contributed by atoms with Crippen molar-refractivity contribution in [3.05, 3.63) is 23.9 Å². The molecule has 2 aliphatic rings. The molecule has 0 unspecified atom stereocenters. The second-order valence-corrected chi connectivity index (χ2v) is 8.03. The van der Waals surface area contributed by atoms with Gasteiger partial charge in [-0.05, 0) is 69.7 Å². The van der Waals surface area contributed by atoms with Gasteiger partial charge in [0.05, 0.1) is 6.54 Å². The third kappa shape index (κ3) is 6.36. The second-order valence-electron chi connectivity index (χ2n) is 8.03. The number of anilines is 1. The van der Waals surface area contributed by atoms with Crippen LogP contribution in [0.2, 0.25) is 0 Å². The summed E-state index contributed by atoms with van der Waals surface area (Å²) in [6.45, 7) is 11.8. The molecule has 0 radical (unpaired) electrons. The highest BCUT2D eigenvalue weighted by Gasteiger charge is 2.19. The maximum absolute atomic E-state index is 4.85. The fraction of sp³-hybridized carbons (Fsp3) is 0.727. The molecule has 28 heavy (non-hydrogen) atoms. The van der Waals surface area contributed by atoms with E-state index in [0.29, 0.717) is 12.6 Å². The van der Waals surface area contributed by atoms with E-state index in [-0.39, 0.29) is 0 Å². The number of nitrogens with zero attached hydrogens (tertiary/aromatic N) is 4. The quantitative estimate of drug-likeness (QED) is 0.557. The molecular weight excluding hydrogens is 348 g/mol. The van der Waals surface area contributed by atoms with E-state index in [1.165, 1.54) is 63.7 Å². The molecule has 0 aliphatic carbocycles. The van der Waals surface area contributed by atoms with Crippen LogP contribution in [-0.2, 0) is 6.54 Å². The van der Waals surface area contributed by atoms with E-state index in [9.17, 15) is 0 Å². The van der Waals surface area contributed by atoms with Crippen molar-refractivity contribution in [2.45, 2.75) is 65.0 Å². The molecule has 1 aromatic heterocycles. The molecule has 6 nitrogen and oxygen atoms in total. The summed E-state index contributed by atoms with van der Waals surface area (Å²) < 4.78 is 0. The minimum absolute atomic E-state index is 0.521. The number of pyridine rings is 1. The second kappa shape index (κ2) is 11.2. The fourth-order valence-electron chi connectivity index (χ4n) is 4.16. The molecule has 3 rings (SSSR count). The highest BCUT2D eigenvalue weighted by molar-refractivity contribution is 5.80. The lowest BCUT2D eigenvalue weighted by atomic mass is 10.1. The summed E-state index contributed by atoms with van der Waals surface area (Å²) in [4.78, 5) is 14.4. The van der Waals surface area contributed by atoms with E-state index in [1.807, 2.05) is 6.20 Å². The van der Waals surface area contributed by atoms with Crippen molar-refractivity contribution in [2.75, 3.05) is 44.2 Å². The molecule has 156 valence electrons. The summed E-state index contributed by atoms with van der Waals surface area (Å²) in [6, 6.07) is 4.82. The highest BCUT2D eigenvalue weighted by atomic mass is 15.2. The molecular formula is C22H38N6. The Hall–Kier alpha value is -1.82. The Morgan fingerprint density at radius 3 is 2.64 bits per heavy atom. The van der Waals surface area contributed by atoms with Crippen LogP contribution in [0.5, 0.6) is 0 Å². The molecule has 0 amide bonds. The first-order chi connectivity index (χ1) is 13.8. The van der Waals surface area contributed by atoms with Crippen LogP contribution in [0.4, 0.5) is 5.82 Å². The minimum atomic E-state index is 0.521. The van der Waals surface area contributed by atoms with E-state index in [2.05, 4.69) is 51.4 Å². The first-order valence-corrected chi connectivity index (χ1v) is 11.3. The Morgan fingerprint density at radius 1 is 1.14 bits per heavy atom. The van der Waals surface area contributed by atoms with Gasteiger partial charge in [0.25, 0.3) is 0 Å². The molecule has 0 saturated carbocycles. The van der Waals surface area contributed by atoms with Crippen LogP contribution in [0.15, 0.2) is 23.3 Å². The van der Waals surface area contributed by atoms with Crippen LogP contribution in [0.25, 0.3) is 0 Å². The smallest absolute Gasteiger partial charge is 0.191 e. The van der Waals surface area contributed by atoms with Gasteiger partial charge in [-0.2, -0.15) is 0 Å². The van der Waals surface area contributed by atoms with Crippen LogP contribution in [-0.4, -0.2) is 61.2 Å². The molecule has 0 spiro atoms. The van der Waals surface area contributed by atoms with E-state index >= 15 is 0 Å². The number of likely N-dealkylation sites (tertiary alicyclic amines) is 1. The number of aliphatic imine (C=N–C) groups is 1. The topological polar surface area (TPSA) is 55.8 Å². The van der Waals surface area contributed by atoms with Crippen molar-refractivity contribution in [1.29, 1.82) is 0 Å². The van der Waals surface area contributed by atoms with Gasteiger partial charge in [0, 0.05) is 45.0 Å². The summed E-state index contributed by atoms with van der Waals surface area (Å²) in [7, 11) is 0. The Bertz CT molecular complexity index is 603. The van der Waals surface area contributed by atoms with Crippen LogP contribution in [0.3, 0.4) is 0 Å². The third-order valence-electron chi connectivity index (χ3n) is 5.72. The van der Waals surface area contributed by atoms with Gasteiger partial charge in [0.2, 0.25) is 0 Å². The monoisotopic (exact) mass is 386 g/mol. The van der Waals surface area contributed by atoms with E-state index < -0.39 is 0 Å². The van der Waals surface area contributed by atoms with Gasteiger partial charge >= 0.3 is 0 Å². The van der Waals surface area contributed by atoms with Crippen molar-refractivity contribution in [2.24, 2.45) is 4.99 Å². The lowest BCUT2D eigenvalue weighted by Crippen LogP contribution is -2.48. The van der Waals surface area contributed by atoms with E-state index in [4.69, 9.17) is 4.99 Å². The first-order valence-electron chi connectivity index (χ1n) is 11.3. The van der Waals surface area contributed by atoms with Gasteiger partial charge in [0.15, 0.2) is 5.96 Å².